The van der Waals surface area contributed by atoms with Crippen LogP contribution >= 0.6 is 22.9 Å². The first-order chi connectivity index (χ1) is 8.81. The fourth-order valence-electron chi connectivity index (χ4n) is 1.55. The van der Waals surface area contributed by atoms with E-state index in [1.54, 1.807) is 23.7 Å². The van der Waals surface area contributed by atoms with Crippen LogP contribution in [0.15, 0.2) is 18.5 Å². The van der Waals surface area contributed by atoms with Crippen molar-refractivity contribution in [3.8, 4) is 10.6 Å². The quantitative estimate of drug-likeness (QED) is 0.828. The number of nitrogens with zero attached hydrogens (tertiary/aromatic N) is 3. The van der Waals surface area contributed by atoms with Crippen LogP contribution in [0.3, 0.4) is 0 Å². The van der Waals surface area contributed by atoms with E-state index in [2.05, 4.69) is 27.4 Å². The molecule has 0 atom stereocenters. The molecule has 96 valence electrons. The third-order valence-corrected chi connectivity index (χ3v) is 3.78. The fraction of sp³-hybridized carbons (Fsp3) is 0.417. The van der Waals surface area contributed by atoms with E-state index in [9.17, 15) is 0 Å². The van der Waals surface area contributed by atoms with Crippen molar-refractivity contribution in [3.05, 3.63) is 28.5 Å². The molecule has 0 saturated carbocycles. The molecule has 2 heterocycles. The maximum absolute atomic E-state index is 6.08. The predicted molar refractivity (Wildman–Crippen MR) is 75.0 cm³/mol. The molecular weight excluding hydrogens is 268 g/mol. The summed E-state index contributed by atoms with van der Waals surface area (Å²) in [4.78, 5) is 3.96. The molecule has 0 aromatic carbocycles. The maximum Gasteiger partial charge on any atom is 0.149 e. The van der Waals surface area contributed by atoms with Gasteiger partial charge in [0.25, 0.3) is 0 Å². The monoisotopic (exact) mass is 282 g/mol. The van der Waals surface area contributed by atoms with Crippen LogP contribution < -0.4 is 5.32 Å². The minimum atomic E-state index is 0.618. The van der Waals surface area contributed by atoms with Crippen molar-refractivity contribution in [2.75, 3.05) is 13.1 Å². The Morgan fingerprint density at radius 2 is 2.28 bits per heavy atom. The first-order valence-corrected chi connectivity index (χ1v) is 7.13. The second-order valence-corrected chi connectivity index (χ2v) is 5.28. The summed E-state index contributed by atoms with van der Waals surface area (Å²) < 4.78 is 0. The minimum Gasteiger partial charge on any atom is -0.317 e. The van der Waals surface area contributed by atoms with Crippen LogP contribution in [0.25, 0.3) is 10.6 Å². The van der Waals surface area contributed by atoms with Gasteiger partial charge >= 0.3 is 0 Å². The normalized spacial score (nSPS) is 10.8. The molecule has 1 N–H and O–H groups in total. The molecule has 0 radical (unpaired) electrons. The zero-order valence-corrected chi connectivity index (χ0v) is 11.8. The van der Waals surface area contributed by atoms with Crippen LogP contribution in [0, 0.1) is 0 Å². The highest BCUT2D eigenvalue weighted by Crippen LogP contribution is 2.29. The van der Waals surface area contributed by atoms with Crippen molar-refractivity contribution in [2.24, 2.45) is 0 Å². The first kappa shape index (κ1) is 13.4. The Hall–Kier alpha value is -1.04. The van der Waals surface area contributed by atoms with Gasteiger partial charge in [-0.2, -0.15) is 0 Å². The molecule has 0 unspecified atom stereocenters. The van der Waals surface area contributed by atoms with Crippen molar-refractivity contribution in [1.82, 2.24) is 20.5 Å². The van der Waals surface area contributed by atoms with Gasteiger partial charge in [-0.1, -0.05) is 29.9 Å². The highest BCUT2D eigenvalue weighted by molar-refractivity contribution is 7.14. The highest BCUT2D eigenvalue weighted by atomic mass is 35.5. The average molecular weight is 283 g/mol. The van der Waals surface area contributed by atoms with Crippen molar-refractivity contribution >= 4 is 22.9 Å². The lowest BCUT2D eigenvalue weighted by Gasteiger charge is -1.98. The third kappa shape index (κ3) is 3.48. The molecule has 6 heteroatoms. The molecule has 0 aliphatic rings. The Kier molecular flexibility index (Phi) is 5.04. The Morgan fingerprint density at radius 1 is 1.39 bits per heavy atom. The summed E-state index contributed by atoms with van der Waals surface area (Å²) in [7, 11) is 0. The van der Waals surface area contributed by atoms with Gasteiger partial charge in [0.1, 0.15) is 10.0 Å². The predicted octanol–water partition coefficient (Wildman–Crippen LogP) is 2.80. The Balaban J connectivity index is 2.00. The number of halogens is 1. The summed E-state index contributed by atoms with van der Waals surface area (Å²) in [6.45, 7) is 4.13. The molecule has 2 rings (SSSR count). The third-order valence-electron chi connectivity index (χ3n) is 2.46. The minimum absolute atomic E-state index is 0.618. The largest absolute Gasteiger partial charge is 0.317 e. The lowest BCUT2D eigenvalue weighted by atomic mass is 10.3. The molecule has 0 aliphatic heterocycles. The van der Waals surface area contributed by atoms with E-state index in [1.807, 2.05) is 6.07 Å². The molecule has 0 amide bonds. The molecule has 2 aromatic rings. The van der Waals surface area contributed by atoms with Gasteiger partial charge in [-0.05, 0) is 25.6 Å². The number of pyridine rings is 1. The van der Waals surface area contributed by atoms with Gasteiger partial charge in [0, 0.05) is 24.4 Å². The second kappa shape index (κ2) is 6.78. The Bertz CT molecular complexity index is 500. The van der Waals surface area contributed by atoms with Gasteiger partial charge in [0.15, 0.2) is 0 Å². The number of hydrogen-bond acceptors (Lipinski definition) is 5. The maximum atomic E-state index is 6.08. The SMILES string of the molecule is CCNCCCc1nnc(-c2ccncc2Cl)s1. The van der Waals surface area contributed by atoms with Gasteiger partial charge in [-0.3, -0.25) is 4.98 Å². The van der Waals surface area contributed by atoms with E-state index >= 15 is 0 Å². The number of aryl methyl sites for hydroxylation is 1. The van der Waals surface area contributed by atoms with Crippen molar-refractivity contribution in [3.63, 3.8) is 0 Å². The van der Waals surface area contributed by atoms with Crippen molar-refractivity contribution in [1.29, 1.82) is 0 Å². The van der Waals surface area contributed by atoms with E-state index in [4.69, 9.17) is 11.6 Å². The summed E-state index contributed by atoms with van der Waals surface area (Å²) in [5, 5.41) is 14.2. The van der Waals surface area contributed by atoms with E-state index in [0.29, 0.717) is 5.02 Å². The van der Waals surface area contributed by atoms with E-state index < -0.39 is 0 Å². The van der Waals surface area contributed by atoms with Crippen LogP contribution in [0.1, 0.15) is 18.4 Å². The lowest BCUT2D eigenvalue weighted by Crippen LogP contribution is -2.14. The second-order valence-electron chi connectivity index (χ2n) is 3.81. The molecule has 0 bridgehead atoms. The topological polar surface area (TPSA) is 50.7 Å². The molecule has 0 spiro atoms. The van der Waals surface area contributed by atoms with E-state index in [-0.39, 0.29) is 0 Å². The summed E-state index contributed by atoms with van der Waals surface area (Å²) in [5.74, 6) is 0. The number of aromatic nitrogens is 3. The first-order valence-electron chi connectivity index (χ1n) is 5.94. The van der Waals surface area contributed by atoms with Crippen LogP contribution in [-0.4, -0.2) is 28.3 Å². The van der Waals surface area contributed by atoms with Gasteiger partial charge in [-0.25, -0.2) is 0 Å². The zero-order valence-electron chi connectivity index (χ0n) is 10.2. The molecular formula is C12H15ClN4S. The molecule has 2 aromatic heterocycles. The van der Waals surface area contributed by atoms with Gasteiger partial charge in [0.05, 0.1) is 5.02 Å². The van der Waals surface area contributed by atoms with E-state index in [1.165, 1.54) is 0 Å². The van der Waals surface area contributed by atoms with Crippen LogP contribution in [0.4, 0.5) is 0 Å². The van der Waals surface area contributed by atoms with Crippen LogP contribution in [0.2, 0.25) is 5.02 Å². The number of hydrogen-bond donors (Lipinski definition) is 1. The Labute approximate surface area is 115 Å². The number of nitrogens with one attached hydrogen (secondary N) is 1. The standard InChI is InChI=1S/C12H15ClN4S/c1-2-14-6-3-4-11-16-17-12(18-11)9-5-7-15-8-10(9)13/h5,7-8,14H,2-4,6H2,1H3. The number of rotatable bonds is 6. The van der Waals surface area contributed by atoms with Gasteiger partial charge in [-0.15, -0.1) is 10.2 Å². The summed E-state index contributed by atoms with van der Waals surface area (Å²) in [5.41, 5.74) is 0.905. The summed E-state index contributed by atoms with van der Waals surface area (Å²) >= 11 is 7.68. The molecule has 0 saturated heterocycles. The molecule has 0 aliphatic carbocycles. The van der Waals surface area contributed by atoms with Crippen LogP contribution in [0.5, 0.6) is 0 Å². The molecule has 0 fully saturated rings. The van der Waals surface area contributed by atoms with Crippen molar-refractivity contribution < 1.29 is 0 Å². The fourth-order valence-corrected chi connectivity index (χ4v) is 2.74. The molecule has 18 heavy (non-hydrogen) atoms. The Morgan fingerprint density at radius 3 is 3.06 bits per heavy atom. The summed E-state index contributed by atoms with van der Waals surface area (Å²) in [6.07, 6.45) is 5.37. The zero-order chi connectivity index (χ0) is 12.8. The van der Waals surface area contributed by atoms with Crippen LogP contribution in [-0.2, 0) is 6.42 Å². The van der Waals surface area contributed by atoms with Gasteiger partial charge < -0.3 is 5.32 Å². The van der Waals surface area contributed by atoms with Crippen molar-refractivity contribution in [2.45, 2.75) is 19.8 Å². The van der Waals surface area contributed by atoms with E-state index in [0.717, 1.165) is 41.5 Å². The lowest BCUT2D eigenvalue weighted by molar-refractivity contribution is 0.669. The summed E-state index contributed by atoms with van der Waals surface area (Å²) in [6, 6.07) is 1.87. The molecule has 4 nitrogen and oxygen atoms in total. The smallest absolute Gasteiger partial charge is 0.149 e. The highest BCUT2D eigenvalue weighted by Gasteiger charge is 2.09. The average Bonchev–Trinajstić information content (AvgIpc) is 2.84. The van der Waals surface area contributed by atoms with Gasteiger partial charge in [0.2, 0.25) is 0 Å².